The molecule has 0 radical (unpaired) electrons. The van der Waals surface area contributed by atoms with Crippen molar-refractivity contribution in [2.45, 2.75) is 6.92 Å². The van der Waals surface area contributed by atoms with Gasteiger partial charge in [0.15, 0.2) is 11.3 Å². The molecule has 0 bridgehead atoms. The number of fused-ring (bicyclic) bond motifs is 1. The highest BCUT2D eigenvalue weighted by Gasteiger charge is 2.14. The number of nitrogens with zero attached hydrogens (tertiary/aromatic N) is 2. The molecule has 0 aliphatic heterocycles. The Morgan fingerprint density at radius 2 is 2.18 bits per heavy atom. The maximum atomic E-state index is 11.6. The summed E-state index contributed by atoms with van der Waals surface area (Å²) in [6.45, 7) is 2.07. The summed E-state index contributed by atoms with van der Waals surface area (Å²) in [5.41, 5.74) is 0.758. The van der Waals surface area contributed by atoms with Gasteiger partial charge in [0.1, 0.15) is 0 Å². The van der Waals surface area contributed by atoms with E-state index in [0.29, 0.717) is 16.7 Å². The quantitative estimate of drug-likeness (QED) is 0.772. The number of carbonyl (C=O) groups is 1. The molecule has 88 valence electrons. The largest absolute Gasteiger partial charge is 0.461 e. The number of hydrogen-bond donors (Lipinski definition) is 0. The van der Waals surface area contributed by atoms with Crippen molar-refractivity contribution < 1.29 is 9.53 Å². The van der Waals surface area contributed by atoms with E-state index >= 15 is 0 Å². The van der Waals surface area contributed by atoms with Crippen LogP contribution in [-0.2, 0) is 4.74 Å². The lowest BCUT2D eigenvalue weighted by atomic mass is 10.2. The van der Waals surface area contributed by atoms with Crippen LogP contribution in [0, 0.1) is 0 Å². The van der Waals surface area contributed by atoms with E-state index in [0.717, 1.165) is 9.86 Å². The van der Waals surface area contributed by atoms with Gasteiger partial charge in [-0.2, -0.15) is 0 Å². The zero-order valence-electron chi connectivity index (χ0n) is 8.91. The number of ether oxygens (including phenoxy) is 1. The van der Waals surface area contributed by atoms with Gasteiger partial charge in [0.25, 0.3) is 0 Å². The SMILES string of the molecule is CCOC(=O)c1nc2ncc(Br)cc2cc1Br. The highest BCUT2D eigenvalue weighted by molar-refractivity contribution is 9.10. The maximum Gasteiger partial charge on any atom is 0.358 e. The summed E-state index contributed by atoms with van der Waals surface area (Å²) in [7, 11) is 0. The van der Waals surface area contributed by atoms with Crippen molar-refractivity contribution in [2.24, 2.45) is 0 Å². The number of esters is 1. The van der Waals surface area contributed by atoms with Crippen LogP contribution in [0.5, 0.6) is 0 Å². The van der Waals surface area contributed by atoms with Crippen molar-refractivity contribution >= 4 is 48.9 Å². The highest BCUT2D eigenvalue weighted by Crippen LogP contribution is 2.23. The maximum absolute atomic E-state index is 11.6. The summed E-state index contributed by atoms with van der Waals surface area (Å²) in [6, 6.07) is 3.68. The van der Waals surface area contributed by atoms with Crippen molar-refractivity contribution in [3.8, 4) is 0 Å². The first kappa shape index (κ1) is 12.4. The molecule has 2 heterocycles. The molecule has 0 aromatic carbocycles. The molecule has 2 aromatic rings. The average Bonchev–Trinajstić information content (AvgIpc) is 2.28. The van der Waals surface area contributed by atoms with E-state index < -0.39 is 5.97 Å². The van der Waals surface area contributed by atoms with Crippen molar-refractivity contribution in [2.75, 3.05) is 6.61 Å². The van der Waals surface area contributed by atoms with Gasteiger partial charge in [-0.25, -0.2) is 14.8 Å². The van der Waals surface area contributed by atoms with Crippen LogP contribution in [0.25, 0.3) is 11.0 Å². The van der Waals surface area contributed by atoms with Crippen LogP contribution in [0.1, 0.15) is 17.4 Å². The second-order valence-electron chi connectivity index (χ2n) is 3.24. The highest BCUT2D eigenvalue weighted by atomic mass is 79.9. The minimum Gasteiger partial charge on any atom is -0.461 e. The Bertz CT molecular complexity index is 587. The Balaban J connectivity index is 2.55. The van der Waals surface area contributed by atoms with Gasteiger partial charge in [-0.05, 0) is 50.9 Å². The molecule has 6 heteroatoms. The zero-order valence-corrected chi connectivity index (χ0v) is 12.1. The van der Waals surface area contributed by atoms with Crippen molar-refractivity contribution in [3.63, 3.8) is 0 Å². The summed E-state index contributed by atoms with van der Waals surface area (Å²) < 4.78 is 6.38. The van der Waals surface area contributed by atoms with E-state index in [1.54, 1.807) is 19.2 Å². The van der Waals surface area contributed by atoms with Gasteiger partial charge in [-0.15, -0.1) is 0 Å². The zero-order chi connectivity index (χ0) is 12.4. The van der Waals surface area contributed by atoms with Crippen LogP contribution >= 0.6 is 31.9 Å². The normalized spacial score (nSPS) is 10.5. The van der Waals surface area contributed by atoms with Gasteiger partial charge in [-0.1, -0.05) is 0 Å². The van der Waals surface area contributed by atoms with E-state index in [2.05, 4.69) is 41.8 Å². The Kier molecular flexibility index (Phi) is 3.73. The molecule has 0 fully saturated rings. The first-order valence-electron chi connectivity index (χ1n) is 4.90. The molecule has 0 saturated heterocycles. The second kappa shape index (κ2) is 5.10. The van der Waals surface area contributed by atoms with Crippen LogP contribution in [0.2, 0.25) is 0 Å². The van der Waals surface area contributed by atoms with E-state index in [-0.39, 0.29) is 5.69 Å². The van der Waals surface area contributed by atoms with Crippen LogP contribution in [0.4, 0.5) is 0 Å². The predicted molar refractivity (Wildman–Crippen MR) is 70.9 cm³/mol. The lowest BCUT2D eigenvalue weighted by Gasteiger charge is -2.05. The van der Waals surface area contributed by atoms with Gasteiger partial charge in [0, 0.05) is 16.1 Å². The summed E-state index contributed by atoms with van der Waals surface area (Å²) in [4.78, 5) is 19.9. The lowest BCUT2D eigenvalue weighted by Crippen LogP contribution is -2.08. The van der Waals surface area contributed by atoms with E-state index in [9.17, 15) is 4.79 Å². The molecule has 17 heavy (non-hydrogen) atoms. The lowest BCUT2D eigenvalue weighted by molar-refractivity contribution is 0.0518. The number of rotatable bonds is 2. The van der Waals surface area contributed by atoms with E-state index in [1.165, 1.54) is 0 Å². The molecule has 4 nitrogen and oxygen atoms in total. The van der Waals surface area contributed by atoms with Crippen molar-refractivity contribution in [1.29, 1.82) is 0 Å². The van der Waals surface area contributed by atoms with Crippen molar-refractivity contribution in [3.05, 3.63) is 33.0 Å². The van der Waals surface area contributed by atoms with Crippen LogP contribution in [0.3, 0.4) is 0 Å². The van der Waals surface area contributed by atoms with E-state index in [4.69, 9.17) is 4.74 Å². The van der Waals surface area contributed by atoms with Gasteiger partial charge in [0.2, 0.25) is 0 Å². The van der Waals surface area contributed by atoms with Gasteiger partial charge in [-0.3, -0.25) is 0 Å². The molecule has 0 aliphatic carbocycles. The molecule has 0 saturated carbocycles. The average molecular weight is 360 g/mol. The fraction of sp³-hybridized carbons (Fsp3) is 0.182. The standard InChI is InChI=1S/C11H8Br2N2O2/c1-2-17-11(16)9-8(13)4-6-3-7(12)5-14-10(6)15-9/h3-5H,2H2,1H3. The number of carbonyl (C=O) groups excluding carboxylic acids is 1. The minimum atomic E-state index is -0.453. The molecule has 0 unspecified atom stereocenters. The number of hydrogen-bond acceptors (Lipinski definition) is 4. The van der Waals surface area contributed by atoms with Gasteiger partial charge >= 0.3 is 5.97 Å². The predicted octanol–water partition coefficient (Wildman–Crippen LogP) is 3.33. The summed E-state index contributed by atoms with van der Waals surface area (Å²) >= 11 is 6.64. The molecule has 0 N–H and O–H groups in total. The Labute approximate surface area is 115 Å². The third kappa shape index (κ3) is 2.63. The number of halogens is 2. The summed E-state index contributed by atoms with van der Waals surface area (Å²) in [5, 5.41) is 0.847. The summed E-state index contributed by atoms with van der Waals surface area (Å²) in [6.07, 6.45) is 1.64. The van der Waals surface area contributed by atoms with Crippen LogP contribution in [0.15, 0.2) is 27.3 Å². The topological polar surface area (TPSA) is 52.1 Å². The number of pyridine rings is 2. The first-order valence-corrected chi connectivity index (χ1v) is 6.49. The molecule has 0 aliphatic rings. The molecular weight excluding hydrogens is 352 g/mol. The molecule has 2 aromatic heterocycles. The minimum absolute atomic E-state index is 0.245. The van der Waals surface area contributed by atoms with Crippen molar-refractivity contribution in [1.82, 2.24) is 9.97 Å². The van der Waals surface area contributed by atoms with Gasteiger partial charge in [0.05, 0.1) is 11.1 Å². The Morgan fingerprint density at radius 1 is 1.41 bits per heavy atom. The van der Waals surface area contributed by atoms with E-state index in [1.807, 2.05) is 6.07 Å². The molecule has 2 rings (SSSR count). The smallest absolute Gasteiger partial charge is 0.358 e. The molecule has 0 spiro atoms. The Hall–Kier alpha value is -1.01. The third-order valence-electron chi connectivity index (χ3n) is 2.06. The summed E-state index contributed by atoms with van der Waals surface area (Å²) in [5.74, 6) is -0.453. The fourth-order valence-corrected chi connectivity index (χ4v) is 2.20. The molecular formula is C11H8Br2N2O2. The third-order valence-corrected chi connectivity index (χ3v) is 3.09. The fourth-order valence-electron chi connectivity index (χ4n) is 1.35. The first-order chi connectivity index (χ1) is 8.11. The van der Waals surface area contributed by atoms with Gasteiger partial charge < -0.3 is 4.74 Å². The molecule has 0 amide bonds. The van der Waals surface area contributed by atoms with Crippen LogP contribution in [-0.4, -0.2) is 22.5 Å². The molecule has 0 atom stereocenters. The monoisotopic (exact) mass is 358 g/mol. The van der Waals surface area contributed by atoms with Crippen LogP contribution < -0.4 is 0 Å². The number of aromatic nitrogens is 2. The second-order valence-corrected chi connectivity index (χ2v) is 5.01. The Morgan fingerprint density at radius 3 is 2.88 bits per heavy atom.